The topological polar surface area (TPSA) is 80.1 Å². The first-order valence-corrected chi connectivity index (χ1v) is 6.12. The van der Waals surface area contributed by atoms with Gasteiger partial charge in [-0.1, -0.05) is 11.6 Å². The number of rotatable bonds is 3. The van der Waals surface area contributed by atoms with E-state index in [-0.39, 0.29) is 5.78 Å². The van der Waals surface area contributed by atoms with Gasteiger partial charge < -0.3 is 5.11 Å². The van der Waals surface area contributed by atoms with Crippen molar-refractivity contribution in [1.82, 2.24) is 9.97 Å². The van der Waals surface area contributed by atoms with Crippen molar-refractivity contribution >= 4 is 34.3 Å². The highest BCUT2D eigenvalue weighted by atomic mass is 35.5. The van der Waals surface area contributed by atoms with Gasteiger partial charge in [0.1, 0.15) is 6.33 Å². The standard InChI is InChI=1S/C13H9ClN2O3/c14-10-2-6(1-7-4-15-5-16-11(7)10)12(17)8-3-9(8)13(18)19/h1-2,4-5,8-9H,3H2,(H,18,19). The fraction of sp³-hybridized carbons (Fsp3) is 0.231. The third-order valence-electron chi connectivity index (χ3n) is 3.29. The number of carboxylic acids is 1. The Morgan fingerprint density at radius 3 is 2.79 bits per heavy atom. The Kier molecular flexibility index (Phi) is 2.71. The lowest BCUT2D eigenvalue weighted by Gasteiger charge is -2.04. The van der Waals surface area contributed by atoms with E-state index in [0.717, 1.165) is 0 Å². The number of carbonyl (C=O) groups excluding carboxylic acids is 1. The van der Waals surface area contributed by atoms with E-state index in [2.05, 4.69) is 9.97 Å². The molecule has 19 heavy (non-hydrogen) atoms. The molecule has 1 heterocycles. The molecule has 2 unspecified atom stereocenters. The van der Waals surface area contributed by atoms with E-state index in [1.807, 2.05) is 0 Å². The minimum Gasteiger partial charge on any atom is -0.481 e. The molecule has 0 bridgehead atoms. The fourth-order valence-electron chi connectivity index (χ4n) is 2.17. The van der Waals surface area contributed by atoms with E-state index >= 15 is 0 Å². The lowest BCUT2D eigenvalue weighted by atomic mass is 10.0. The number of ketones is 1. The zero-order valence-corrected chi connectivity index (χ0v) is 10.5. The number of fused-ring (bicyclic) bond motifs is 1. The van der Waals surface area contributed by atoms with Gasteiger partial charge in [-0.3, -0.25) is 9.59 Å². The number of benzene rings is 1. The molecule has 2 atom stereocenters. The van der Waals surface area contributed by atoms with Crippen LogP contribution in [-0.2, 0) is 4.79 Å². The highest BCUT2D eigenvalue weighted by Gasteiger charge is 2.48. The van der Waals surface area contributed by atoms with Crippen molar-refractivity contribution in [1.29, 1.82) is 0 Å². The number of Topliss-reactive ketones (excluding diaryl/α,β-unsaturated/α-hetero) is 1. The zero-order valence-electron chi connectivity index (χ0n) is 9.71. The molecule has 3 rings (SSSR count). The molecule has 1 fully saturated rings. The average Bonchev–Trinajstić information content (AvgIpc) is 3.18. The highest BCUT2D eigenvalue weighted by Crippen LogP contribution is 2.41. The minimum absolute atomic E-state index is 0.181. The number of aromatic nitrogens is 2. The van der Waals surface area contributed by atoms with Gasteiger partial charge in [-0.15, -0.1) is 0 Å². The normalized spacial score (nSPS) is 21.3. The predicted octanol–water partition coefficient (Wildman–Crippen LogP) is 2.19. The Labute approximate surface area is 113 Å². The van der Waals surface area contributed by atoms with Crippen LogP contribution in [0.3, 0.4) is 0 Å². The number of hydrogen-bond acceptors (Lipinski definition) is 4. The van der Waals surface area contributed by atoms with E-state index < -0.39 is 17.8 Å². The number of nitrogens with zero attached hydrogens (tertiary/aromatic N) is 2. The molecule has 1 aliphatic rings. The monoisotopic (exact) mass is 276 g/mol. The first-order valence-electron chi connectivity index (χ1n) is 5.74. The van der Waals surface area contributed by atoms with Crippen molar-refractivity contribution < 1.29 is 14.7 Å². The summed E-state index contributed by atoms with van der Waals surface area (Å²) in [6.45, 7) is 0. The maximum Gasteiger partial charge on any atom is 0.307 e. The first kappa shape index (κ1) is 12.0. The molecule has 0 radical (unpaired) electrons. The van der Waals surface area contributed by atoms with Crippen molar-refractivity contribution in [3.8, 4) is 0 Å². The maximum atomic E-state index is 12.2. The van der Waals surface area contributed by atoms with Crippen LogP contribution in [-0.4, -0.2) is 26.8 Å². The molecule has 1 aromatic heterocycles. The molecule has 0 amide bonds. The summed E-state index contributed by atoms with van der Waals surface area (Å²) in [7, 11) is 0. The Morgan fingerprint density at radius 1 is 1.32 bits per heavy atom. The Hall–Kier alpha value is -2.01. The van der Waals surface area contributed by atoms with Crippen molar-refractivity contribution in [2.45, 2.75) is 6.42 Å². The van der Waals surface area contributed by atoms with E-state index in [9.17, 15) is 9.59 Å². The molecule has 0 saturated heterocycles. The van der Waals surface area contributed by atoms with Crippen LogP contribution in [0.5, 0.6) is 0 Å². The van der Waals surface area contributed by atoms with Crippen LogP contribution in [0, 0.1) is 11.8 Å². The van der Waals surface area contributed by atoms with Crippen LogP contribution in [0.1, 0.15) is 16.8 Å². The van der Waals surface area contributed by atoms with Crippen LogP contribution >= 0.6 is 11.6 Å². The third-order valence-corrected chi connectivity index (χ3v) is 3.58. The number of carboxylic acid groups (broad SMARTS) is 1. The number of aliphatic carboxylic acids is 1. The summed E-state index contributed by atoms with van der Waals surface area (Å²) in [6.07, 6.45) is 3.36. The molecule has 2 aromatic rings. The van der Waals surface area contributed by atoms with Crippen LogP contribution in [0.2, 0.25) is 5.02 Å². The predicted molar refractivity (Wildman–Crippen MR) is 68.1 cm³/mol. The summed E-state index contributed by atoms with van der Waals surface area (Å²) in [6, 6.07) is 3.19. The highest BCUT2D eigenvalue weighted by molar-refractivity contribution is 6.35. The molecule has 1 aliphatic carbocycles. The molecule has 1 saturated carbocycles. The second-order valence-electron chi connectivity index (χ2n) is 4.57. The summed E-state index contributed by atoms with van der Waals surface area (Å²) in [4.78, 5) is 30.9. The van der Waals surface area contributed by atoms with Crippen LogP contribution in [0.25, 0.3) is 10.9 Å². The smallest absolute Gasteiger partial charge is 0.307 e. The van der Waals surface area contributed by atoms with Gasteiger partial charge in [0, 0.05) is 23.1 Å². The first-order chi connectivity index (χ1) is 9.08. The zero-order chi connectivity index (χ0) is 13.6. The molecule has 96 valence electrons. The average molecular weight is 277 g/mol. The largest absolute Gasteiger partial charge is 0.481 e. The van der Waals surface area contributed by atoms with E-state index in [4.69, 9.17) is 16.7 Å². The second kappa shape index (κ2) is 4.28. The summed E-state index contributed by atoms with van der Waals surface area (Å²) >= 11 is 6.07. The fourth-order valence-corrected chi connectivity index (χ4v) is 2.45. The van der Waals surface area contributed by atoms with Gasteiger partial charge in [0.15, 0.2) is 5.78 Å². The Balaban J connectivity index is 1.98. The van der Waals surface area contributed by atoms with Gasteiger partial charge >= 0.3 is 5.97 Å². The summed E-state index contributed by atoms with van der Waals surface area (Å²) < 4.78 is 0. The van der Waals surface area contributed by atoms with Gasteiger partial charge in [-0.2, -0.15) is 0 Å². The Morgan fingerprint density at radius 2 is 2.11 bits per heavy atom. The number of halogens is 1. The Bertz CT molecular complexity index is 701. The van der Waals surface area contributed by atoms with Gasteiger partial charge in [0.2, 0.25) is 0 Å². The second-order valence-corrected chi connectivity index (χ2v) is 4.98. The SMILES string of the molecule is O=C(O)C1CC1C(=O)c1cc(Cl)c2ncncc2c1. The maximum absolute atomic E-state index is 12.2. The van der Waals surface area contributed by atoms with Gasteiger partial charge in [-0.25, -0.2) is 9.97 Å². The molecular weight excluding hydrogens is 268 g/mol. The van der Waals surface area contributed by atoms with Crippen LogP contribution in [0.4, 0.5) is 0 Å². The van der Waals surface area contributed by atoms with E-state index in [1.165, 1.54) is 12.4 Å². The van der Waals surface area contributed by atoms with Crippen LogP contribution in [0.15, 0.2) is 24.7 Å². The van der Waals surface area contributed by atoms with Gasteiger partial charge in [0.05, 0.1) is 16.5 Å². The third kappa shape index (κ3) is 2.06. The minimum atomic E-state index is -0.923. The number of carbonyl (C=O) groups is 2. The van der Waals surface area contributed by atoms with Crippen molar-refractivity contribution in [2.24, 2.45) is 11.8 Å². The summed E-state index contributed by atoms with van der Waals surface area (Å²) in [5, 5.41) is 9.89. The molecule has 1 aromatic carbocycles. The van der Waals surface area contributed by atoms with Crippen LogP contribution < -0.4 is 0 Å². The molecule has 6 heteroatoms. The quantitative estimate of drug-likeness (QED) is 0.869. The molecule has 0 spiro atoms. The van der Waals surface area contributed by atoms with Crippen molar-refractivity contribution in [3.63, 3.8) is 0 Å². The van der Waals surface area contributed by atoms with E-state index in [1.54, 1.807) is 12.3 Å². The lowest BCUT2D eigenvalue weighted by Crippen LogP contribution is -2.08. The summed E-state index contributed by atoms with van der Waals surface area (Å²) in [5.41, 5.74) is 1.000. The molecule has 1 N–H and O–H groups in total. The lowest BCUT2D eigenvalue weighted by molar-refractivity contribution is -0.138. The van der Waals surface area contributed by atoms with Gasteiger partial charge in [0.25, 0.3) is 0 Å². The molecule has 0 aliphatic heterocycles. The van der Waals surface area contributed by atoms with Crippen molar-refractivity contribution in [2.75, 3.05) is 0 Å². The van der Waals surface area contributed by atoms with E-state index in [0.29, 0.717) is 27.9 Å². The summed E-state index contributed by atoms with van der Waals surface area (Å²) in [5.74, 6) is -2.10. The molecular formula is C13H9ClN2O3. The van der Waals surface area contributed by atoms with Gasteiger partial charge in [-0.05, 0) is 18.6 Å². The molecule has 5 nitrogen and oxygen atoms in total. The number of hydrogen-bond donors (Lipinski definition) is 1. The van der Waals surface area contributed by atoms with Crippen molar-refractivity contribution in [3.05, 3.63) is 35.2 Å².